The number of aromatic nitrogens is 2. The second-order valence-corrected chi connectivity index (χ2v) is 4.81. The number of fused-ring (bicyclic) bond motifs is 1. The molecule has 0 radical (unpaired) electrons. The molecule has 0 aliphatic heterocycles. The van der Waals surface area contributed by atoms with Crippen molar-refractivity contribution in [2.45, 2.75) is 32.7 Å². The molecule has 3 N–H and O–H groups in total. The molecule has 0 aliphatic carbocycles. The molecule has 1 aromatic carbocycles. The Balaban J connectivity index is 2.62. The first-order valence-corrected chi connectivity index (χ1v) is 5.98. The zero-order valence-corrected chi connectivity index (χ0v) is 10.5. The van der Waals surface area contributed by atoms with Gasteiger partial charge in [0.1, 0.15) is 0 Å². The third-order valence-electron chi connectivity index (χ3n) is 3.18. The van der Waals surface area contributed by atoms with Crippen molar-refractivity contribution in [3.8, 4) is 0 Å². The number of rotatable bonds is 3. The Hall–Kier alpha value is -1.55. The van der Waals surface area contributed by atoms with Gasteiger partial charge < -0.3 is 10.7 Å². The summed E-state index contributed by atoms with van der Waals surface area (Å²) in [5, 5.41) is 0. The fraction of sp³-hybridized carbons (Fsp3) is 0.462. The smallest absolute Gasteiger partial charge is 0.326 e. The van der Waals surface area contributed by atoms with E-state index in [-0.39, 0.29) is 11.7 Å². The van der Waals surface area contributed by atoms with E-state index in [1.165, 1.54) is 0 Å². The Morgan fingerprint density at radius 3 is 2.65 bits per heavy atom. The fourth-order valence-corrected chi connectivity index (χ4v) is 2.10. The Morgan fingerprint density at radius 1 is 1.35 bits per heavy atom. The lowest BCUT2D eigenvalue weighted by molar-refractivity contribution is 0.598. The van der Waals surface area contributed by atoms with E-state index >= 15 is 0 Å². The fourth-order valence-electron chi connectivity index (χ4n) is 2.10. The minimum Gasteiger partial charge on any atom is -0.330 e. The number of imidazole rings is 1. The van der Waals surface area contributed by atoms with Crippen molar-refractivity contribution in [2.75, 3.05) is 6.54 Å². The normalized spacial score (nSPS) is 13.5. The molecule has 4 heteroatoms. The maximum atomic E-state index is 11.8. The summed E-state index contributed by atoms with van der Waals surface area (Å²) < 4.78 is 1.77. The third kappa shape index (κ3) is 2.00. The average molecular weight is 233 g/mol. The maximum absolute atomic E-state index is 11.8. The topological polar surface area (TPSA) is 63.8 Å². The highest BCUT2D eigenvalue weighted by Crippen LogP contribution is 2.20. The largest absolute Gasteiger partial charge is 0.330 e. The molecule has 0 spiro atoms. The maximum Gasteiger partial charge on any atom is 0.326 e. The second-order valence-electron chi connectivity index (χ2n) is 4.81. The molecule has 1 unspecified atom stereocenters. The number of hydrogen-bond donors (Lipinski definition) is 2. The van der Waals surface area contributed by atoms with Crippen molar-refractivity contribution in [3.05, 3.63) is 34.2 Å². The average Bonchev–Trinajstić information content (AvgIpc) is 2.62. The zero-order valence-electron chi connectivity index (χ0n) is 10.5. The van der Waals surface area contributed by atoms with Gasteiger partial charge in [0.15, 0.2) is 0 Å². The van der Waals surface area contributed by atoms with Gasteiger partial charge in [-0.15, -0.1) is 0 Å². The molecule has 0 saturated carbocycles. The van der Waals surface area contributed by atoms with E-state index in [9.17, 15) is 4.79 Å². The number of aromatic amines is 1. The van der Waals surface area contributed by atoms with Crippen molar-refractivity contribution in [1.29, 1.82) is 0 Å². The van der Waals surface area contributed by atoms with Crippen molar-refractivity contribution >= 4 is 11.0 Å². The molecule has 2 rings (SSSR count). The second kappa shape index (κ2) is 4.37. The van der Waals surface area contributed by atoms with Crippen molar-refractivity contribution < 1.29 is 0 Å². The van der Waals surface area contributed by atoms with E-state index in [4.69, 9.17) is 5.73 Å². The number of hydrogen-bond acceptors (Lipinski definition) is 2. The quantitative estimate of drug-likeness (QED) is 0.851. The van der Waals surface area contributed by atoms with Crippen LogP contribution in [0.15, 0.2) is 23.0 Å². The first-order valence-electron chi connectivity index (χ1n) is 5.98. The van der Waals surface area contributed by atoms with Crippen LogP contribution in [0.2, 0.25) is 0 Å². The Morgan fingerprint density at radius 2 is 2.06 bits per heavy atom. The van der Waals surface area contributed by atoms with Gasteiger partial charge >= 0.3 is 5.69 Å². The van der Waals surface area contributed by atoms with E-state index in [0.717, 1.165) is 16.6 Å². The van der Waals surface area contributed by atoms with E-state index < -0.39 is 0 Å². The summed E-state index contributed by atoms with van der Waals surface area (Å²) in [6, 6.07) is 6.22. The van der Waals surface area contributed by atoms with Gasteiger partial charge in [-0.05, 0) is 44.0 Å². The van der Waals surface area contributed by atoms with Gasteiger partial charge in [0.05, 0.1) is 11.0 Å². The molecule has 17 heavy (non-hydrogen) atoms. The zero-order chi connectivity index (χ0) is 12.6. The van der Waals surface area contributed by atoms with E-state index in [2.05, 4.69) is 11.9 Å². The van der Waals surface area contributed by atoms with Crippen molar-refractivity contribution in [1.82, 2.24) is 9.55 Å². The number of H-pyrrole nitrogens is 1. The van der Waals surface area contributed by atoms with Crippen LogP contribution in [0.4, 0.5) is 0 Å². The van der Waals surface area contributed by atoms with Gasteiger partial charge in [0, 0.05) is 6.04 Å². The van der Waals surface area contributed by atoms with Gasteiger partial charge in [-0.3, -0.25) is 4.57 Å². The van der Waals surface area contributed by atoms with Gasteiger partial charge in [-0.1, -0.05) is 13.0 Å². The van der Waals surface area contributed by atoms with E-state index in [0.29, 0.717) is 12.5 Å². The van der Waals surface area contributed by atoms with Crippen LogP contribution in [0.25, 0.3) is 11.0 Å². The minimum atomic E-state index is -0.0486. The molecule has 0 fully saturated rings. The molecule has 1 atom stereocenters. The summed E-state index contributed by atoms with van der Waals surface area (Å²) in [4.78, 5) is 14.7. The molecule has 0 aliphatic rings. The van der Waals surface area contributed by atoms with Gasteiger partial charge in [0.2, 0.25) is 0 Å². The summed E-state index contributed by atoms with van der Waals surface area (Å²) in [5.41, 5.74) is 8.62. The van der Waals surface area contributed by atoms with Crippen LogP contribution in [-0.4, -0.2) is 16.1 Å². The van der Waals surface area contributed by atoms with Crippen molar-refractivity contribution in [3.63, 3.8) is 0 Å². The highest BCUT2D eigenvalue weighted by atomic mass is 16.1. The highest BCUT2D eigenvalue weighted by Gasteiger charge is 2.11. The van der Waals surface area contributed by atoms with Crippen LogP contribution in [-0.2, 0) is 0 Å². The summed E-state index contributed by atoms with van der Waals surface area (Å²) in [6.07, 6.45) is 0. The number of nitrogens with zero attached hydrogens (tertiary/aromatic N) is 1. The molecule has 92 valence electrons. The van der Waals surface area contributed by atoms with Gasteiger partial charge in [-0.2, -0.15) is 0 Å². The predicted octanol–water partition coefficient (Wildman–Crippen LogP) is 1.97. The lowest BCUT2D eigenvalue weighted by Gasteiger charge is -2.10. The lowest BCUT2D eigenvalue weighted by atomic mass is 10.0. The molecular weight excluding hydrogens is 214 g/mol. The standard InChI is InChI=1S/C13H19N3O/c1-8(2)16-12-5-4-10(9(3)7-14)6-11(12)15-13(16)17/h4-6,8-9H,7,14H2,1-3H3,(H,15,17). The van der Waals surface area contributed by atoms with E-state index in [1.807, 2.05) is 32.0 Å². The van der Waals surface area contributed by atoms with Crippen LogP contribution in [0.5, 0.6) is 0 Å². The molecule has 2 aromatic rings. The van der Waals surface area contributed by atoms with Crippen LogP contribution in [0, 0.1) is 0 Å². The van der Waals surface area contributed by atoms with Crippen LogP contribution in [0.3, 0.4) is 0 Å². The summed E-state index contributed by atoms with van der Waals surface area (Å²) in [5.74, 6) is 0.310. The number of benzene rings is 1. The van der Waals surface area contributed by atoms with Crippen LogP contribution < -0.4 is 11.4 Å². The SMILES string of the molecule is CC(CN)c1ccc2c(c1)[nH]c(=O)n2C(C)C. The lowest BCUT2D eigenvalue weighted by Crippen LogP contribution is -2.18. The Labute approximate surface area is 100 Å². The van der Waals surface area contributed by atoms with E-state index in [1.54, 1.807) is 4.57 Å². The van der Waals surface area contributed by atoms with Crippen LogP contribution >= 0.6 is 0 Å². The first-order chi connectivity index (χ1) is 8.04. The third-order valence-corrected chi connectivity index (χ3v) is 3.18. The summed E-state index contributed by atoms with van der Waals surface area (Å²) >= 11 is 0. The van der Waals surface area contributed by atoms with Gasteiger partial charge in [0.25, 0.3) is 0 Å². The minimum absolute atomic E-state index is 0.0486. The molecule has 0 bridgehead atoms. The molecule has 1 heterocycles. The Bertz CT molecular complexity index is 580. The number of nitrogens with one attached hydrogen (secondary N) is 1. The van der Waals surface area contributed by atoms with Crippen molar-refractivity contribution in [2.24, 2.45) is 5.73 Å². The molecule has 0 saturated heterocycles. The summed E-state index contributed by atoms with van der Waals surface area (Å²) in [6.45, 7) is 6.70. The van der Waals surface area contributed by atoms with Crippen LogP contribution in [0.1, 0.15) is 38.3 Å². The molecule has 1 aromatic heterocycles. The monoisotopic (exact) mass is 233 g/mol. The first kappa shape index (κ1) is 11.9. The molecular formula is C13H19N3O. The summed E-state index contributed by atoms with van der Waals surface area (Å²) in [7, 11) is 0. The molecule has 4 nitrogen and oxygen atoms in total. The predicted molar refractivity (Wildman–Crippen MR) is 70.4 cm³/mol. The Kier molecular flexibility index (Phi) is 3.07. The highest BCUT2D eigenvalue weighted by molar-refractivity contribution is 5.76. The molecule has 0 amide bonds. The number of nitrogens with two attached hydrogens (primary N) is 1. The van der Waals surface area contributed by atoms with Gasteiger partial charge in [-0.25, -0.2) is 4.79 Å².